The van der Waals surface area contributed by atoms with Crippen molar-refractivity contribution in [2.24, 2.45) is 0 Å². The van der Waals surface area contributed by atoms with Crippen LogP contribution >= 0.6 is 0 Å². The van der Waals surface area contributed by atoms with E-state index in [0.29, 0.717) is 37.6 Å². The summed E-state index contributed by atoms with van der Waals surface area (Å²) in [5.74, 6) is 1.25. The molecule has 6 rings (SSSR count). The zero-order valence-electron chi connectivity index (χ0n) is 21.1. The molecule has 8 nitrogen and oxygen atoms in total. The Balaban J connectivity index is 1.24. The molecule has 3 aromatic carbocycles. The van der Waals surface area contributed by atoms with Gasteiger partial charge in [0.05, 0.1) is 12.2 Å². The molecular weight excluding hydrogens is 480 g/mol. The molecular formula is C30H30N4O4. The van der Waals surface area contributed by atoms with Crippen LogP contribution in [0, 0.1) is 0 Å². The first-order chi connectivity index (χ1) is 18.6. The van der Waals surface area contributed by atoms with Gasteiger partial charge >= 0.3 is 0 Å². The zero-order valence-corrected chi connectivity index (χ0v) is 21.1. The minimum atomic E-state index is -0.150. The highest BCUT2D eigenvalue weighted by atomic mass is 16.7. The van der Waals surface area contributed by atoms with Crippen LogP contribution in [0.2, 0.25) is 0 Å². The Morgan fingerprint density at radius 3 is 2.29 bits per heavy atom. The van der Waals surface area contributed by atoms with Crippen molar-refractivity contribution in [2.45, 2.75) is 39.1 Å². The van der Waals surface area contributed by atoms with Crippen LogP contribution in [0.15, 0.2) is 83.7 Å². The Morgan fingerprint density at radius 2 is 1.53 bits per heavy atom. The topological polar surface area (TPSA) is 77.7 Å². The van der Waals surface area contributed by atoms with Crippen molar-refractivity contribution < 1.29 is 14.3 Å². The monoisotopic (exact) mass is 510 g/mol. The number of aromatic nitrogens is 2. The predicted molar refractivity (Wildman–Crippen MR) is 143 cm³/mol. The number of hydrogen-bond acceptors (Lipinski definition) is 5. The van der Waals surface area contributed by atoms with Gasteiger partial charge in [-0.15, -0.1) is 0 Å². The molecule has 0 radical (unpaired) electrons. The summed E-state index contributed by atoms with van der Waals surface area (Å²) in [5, 5.41) is 3.01. The first-order valence-corrected chi connectivity index (χ1v) is 12.9. The van der Waals surface area contributed by atoms with E-state index in [0.717, 1.165) is 35.5 Å². The smallest absolute Gasteiger partial charge is 0.270 e. The van der Waals surface area contributed by atoms with Crippen LogP contribution in [0.4, 0.5) is 0 Å². The van der Waals surface area contributed by atoms with Crippen LogP contribution in [0.1, 0.15) is 27.9 Å². The molecule has 0 unspecified atom stereocenters. The van der Waals surface area contributed by atoms with Crippen LogP contribution in [0.25, 0.3) is 0 Å². The Hall–Kier alpha value is -4.30. The van der Waals surface area contributed by atoms with Crippen molar-refractivity contribution in [3.05, 3.63) is 117 Å². The number of benzene rings is 3. The van der Waals surface area contributed by atoms with Gasteiger partial charge in [0.25, 0.3) is 5.56 Å². The molecule has 1 N–H and O–H groups in total. The molecule has 2 aliphatic heterocycles. The molecule has 0 spiro atoms. The Labute approximate surface area is 221 Å². The van der Waals surface area contributed by atoms with Gasteiger partial charge in [0.15, 0.2) is 11.5 Å². The van der Waals surface area contributed by atoms with Crippen LogP contribution in [-0.2, 0) is 43.9 Å². The second-order valence-corrected chi connectivity index (χ2v) is 9.74. The number of amides is 1. The van der Waals surface area contributed by atoms with Gasteiger partial charge in [-0.05, 0) is 35.2 Å². The molecule has 0 aliphatic carbocycles. The van der Waals surface area contributed by atoms with E-state index in [9.17, 15) is 9.59 Å². The largest absolute Gasteiger partial charge is 0.454 e. The zero-order chi connectivity index (χ0) is 25.9. The van der Waals surface area contributed by atoms with Crippen molar-refractivity contribution in [1.82, 2.24) is 19.6 Å². The Kier molecular flexibility index (Phi) is 6.71. The summed E-state index contributed by atoms with van der Waals surface area (Å²) < 4.78 is 14.4. The summed E-state index contributed by atoms with van der Waals surface area (Å²) in [4.78, 5) is 29.1. The fourth-order valence-corrected chi connectivity index (χ4v) is 5.19. The van der Waals surface area contributed by atoms with Gasteiger partial charge in [0.2, 0.25) is 12.7 Å². The molecule has 194 valence electrons. The lowest BCUT2D eigenvalue weighted by Crippen LogP contribution is -2.34. The number of hydrogen-bond donors (Lipinski definition) is 1. The summed E-state index contributed by atoms with van der Waals surface area (Å²) in [7, 11) is 0. The van der Waals surface area contributed by atoms with Gasteiger partial charge < -0.3 is 14.8 Å². The third-order valence-electron chi connectivity index (χ3n) is 7.14. The quantitative estimate of drug-likeness (QED) is 0.394. The number of fused-ring (bicyclic) bond motifs is 2. The Bertz CT molecular complexity index is 1490. The SMILES string of the molecule is O=C(Cn1c2c(c(=O)n1Cc1ccccc1)CCN(Cc1ccccc1)C2)NCc1ccc2c(c1)OCO2. The average molecular weight is 511 g/mol. The summed E-state index contributed by atoms with van der Waals surface area (Å²) in [5.41, 5.74) is 4.91. The fraction of sp³-hybridized carbons (Fsp3) is 0.267. The normalized spacial score (nSPS) is 14.3. The maximum Gasteiger partial charge on any atom is 0.270 e. The van der Waals surface area contributed by atoms with E-state index in [1.165, 1.54) is 5.56 Å². The van der Waals surface area contributed by atoms with Gasteiger partial charge in [0.1, 0.15) is 6.54 Å². The van der Waals surface area contributed by atoms with E-state index in [2.05, 4.69) is 22.3 Å². The van der Waals surface area contributed by atoms with Crippen molar-refractivity contribution in [2.75, 3.05) is 13.3 Å². The lowest BCUT2D eigenvalue weighted by atomic mass is 10.1. The molecule has 0 bridgehead atoms. The number of carbonyl (C=O) groups is 1. The Morgan fingerprint density at radius 1 is 0.816 bits per heavy atom. The number of nitrogens with one attached hydrogen (secondary N) is 1. The van der Waals surface area contributed by atoms with E-state index in [4.69, 9.17) is 9.47 Å². The third kappa shape index (κ3) is 5.08. The molecule has 0 atom stereocenters. The highest BCUT2D eigenvalue weighted by Gasteiger charge is 2.27. The van der Waals surface area contributed by atoms with Gasteiger partial charge in [0, 0.05) is 31.7 Å². The summed E-state index contributed by atoms with van der Waals surface area (Å²) in [6, 6.07) is 25.9. The van der Waals surface area contributed by atoms with Gasteiger partial charge in [-0.25, -0.2) is 4.68 Å². The van der Waals surface area contributed by atoms with Crippen LogP contribution in [0.3, 0.4) is 0 Å². The molecule has 8 heteroatoms. The maximum atomic E-state index is 13.5. The minimum absolute atomic E-state index is 0.00761. The van der Waals surface area contributed by atoms with Crippen LogP contribution in [-0.4, -0.2) is 33.5 Å². The molecule has 0 saturated heterocycles. The van der Waals surface area contributed by atoms with Gasteiger partial charge in [-0.2, -0.15) is 0 Å². The molecule has 1 amide bonds. The van der Waals surface area contributed by atoms with Crippen LogP contribution < -0.4 is 20.3 Å². The van der Waals surface area contributed by atoms with Crippen molar-refractivity contribution in [1.29, 1.82) is 0 Å². The van der Waals surface area contributed by atoms with Crippen molar-refractivity contribution in [3.8, 4) is 11.5 Å². The van der Waals surface area contributed by atoms with E-state index in [1.54, 1.807) is 4.68 Å². The molecule has 0 fully saturated rings. The second-order valence-electron chi connectivity index (χ2n) is 9.74. The second kappa shape index (κ2) is 10.6. The minimum Gasteiger partial charge on any atom is -0.454 e. The highest BCUT2D eigenvalue weighted by molar-refractivity contribution is 5.75. The van der Waals surface area contributed by atoms with E-state index < -0.39 is 0 Å². The van der Waals surface area contributed by atoms with E-state index >= 15 is 0 Å². The lowest BCUT2D eigenvalue weighted by molar-refractivity contribution is -0.122. The third-order valence-corrected chi connectivity index (χ3v) is 7.14. The van der Waals surface area contributed by atoms with Gasteiger partial charge in [-0.1, -0.05) is 66.7 Å². The lowest BCUT2D eigenvalue weighted by Gasteiger charge is -2.27. The predicted octanol–water partition coefficient (Wildman–Crippen LogP) is 3.30. The number of ether oxygens (including phenoxy) is 2. The summed E-state index contributed by atoms with van der Waals surface area (Å²) >= 11 is 0. The first-order valence-electron chi connectivity index (χ1n) is 12.9. The molecule has 4 aromatic rings. The summed E-state index contributed by atoms with van der Waals surface area (Å²) in [6.45, 7) is 3.29. The van der Waals surface area contributed by atoms with Gasteiger partial charge in [-0.3, -0.25) is 19.2 Å². The standard InChI is InChI=1S/C30H30N4O4/c35-29(31-16-24-11-12-27-28(15-24)38-21-37-27)20-33-26-19-32(17-22-7-3-1-4-8-22)14-13-25(26)30(36)34(33)18-23-9-5-2-6-10-23/h1-12,15H,13-14,16-21H2,(H,31,35). The highest BCUT2D eigenvalue weighted by Crippen LogP contribution is 2.32. The molecule has 0 saturated carbocycles. The number of nitrogens with zero attached hydrogens (tertiary/aromatic N) is 3. The number of rotatable bonds is 8. The molecule has 38 heavy (non-hydrogen) atoms. The summed E-state index contributed by atoms with van der Waals surface area (Å²) in [6.07, 6.45) is 0.668. The average Bonchev–Trinajstić information content (AvgIpc) is 3.51. The van der Waals surface area contributed by atoms with Crippen molar-refractivity contribution >= 4 is 5.91 Å². The number of carbonyl (C=O) groups excluding carboxylic acids is 1. The van der Waals surface area contributed by atoms with E-state index in [1.807, 2.05) is 71.4 Å². The first kappa shape index (κ1) is 24.1. The molecule has 1 aromatic heterocycles. The maximum absolute atomic E-state index is 13.5. The van der Waals surface area contributed by atoms with Crippen LogP contribution in [0.5, 0.6) is 11.5 Å². The molecule has 3 heterocycles. The van der Waals surface area contributed by atoms with Crippen molar-refractivity contribution in [3.63, 3.8) is 0 Å². The van der Waals surface area contributed by atoms with E-state index in [-0.39, 0.29) is 24.8 Å². The molecule has 2 aliphatic rings. The fourth-order valence-electron chi connectivity index (χ4n) is 5.19.